The van der Waals surface area contributed by atoms with Gasteiger partial charge in [-0.05, 0) is 18.1 Å². The van der Waals surface area contributed by atoms with Crippen LogP contribution in [-0.2, 0) is 11.2 Å². The smallest absolute Gasteiger partial charge is 0.291 e. The molecular weight excluding hydrogens is 254 g/mol. The number of carbonyl (C=O) groups excluding carboxylic acids is 2. The molecule has 2 aromatic rings. The molecule has 1 aromatic carbocycles. The quantitative estimate of drug-likeness (QED) is 0.909. The molecule has 3 amide bonds. The molecule has 1 aliphatic rings. The van der Waals surface area contributed by atoms with Crippen LogP contribution in [0.15, 0.2) is 30.6 Å². The Morgan fingerprint density at radius 2 is 2.15 bits per heavy atom. The maximum atomic E-state index is 11.9. The molecule has 1 aliphatic heterocycles. The molecule has 0 spiro atoms. The maximum absolute atomic E-state index is 11.9. The fraction of sp³-hybridized carbons (Fsp3) is 0.267. The molecule has 1 N–H and O–H groups in total. The summed E-state index contributed by atoms with van der Waals surface area (Å²) in [6.45, 7) is 2.49. The predicted octanol–water partition coefficient (Wildman–Crippen LogP) is 2.24. The van der Waals surface area contributed by atoms with E-state index in [4.69, 9.17) is 0 Å². The molecule has 0 saturated carbocycles. The van der Waals surface area contributed by atoms with Crippen LogP contribution >= 0.6 is 0 Å². The third kappa shape index (κ3) is 2.11. The van der Waals surface area contributed by atoms with E-state index in [0.29, 0.717) is 13.0 Å². The third-order valence-corrected chi connectivity index (χ3v) is 3.56. The lowest BCUT2D eigenvalue weighted by Gasteiger charge is -2.27. The van der Waals surface area contributed by atoms with Crippen LogP contribution in [0.2, 0.25) is 0 Å². The van der Waals surface area contributed by atoms with Gasteiger partial charge in [-0.2, -0.15) is 0 Å². The molecule has 5 heteroatoms. The molecule has 20 heavy (non-hydrogen) atoms. The zero-order chi connectivity index (χ0) is 14.1. The molecule has 0 aliphatic carbocycles. The van der Waals surface area contributed by atoms with Crippen LogP contribution < -0.4 is 10.2 Å². The number of pyridine rings is 1. The summed E-state index contributed by atoms with van der Waals surface area (Å²) in [5, 5.41) is 4.32. The molecule has 0 atom stereocenters. The van der Waals surface area contributed by atoms with E-state index in [9.17, 15) is 9.59 Å². The SMILES string of the molecule is CCc1ccc2c(N3CCC(=O)NC3=O)cncc2c1. The van der Waals surface area contributed by atoms with Crippen molar-refractivity contribution in [2.75, 3.05) is 11.4 Å². The molecule has 0 radical (unpaired) electrons. The second-order valence-corrected chi connectivity index (χ2v) is 4.82. The number of aromatic nitrogens is 1. The number of hydrogen-bond acceptors (Lipinski definition) is 3. The average molecular weight is 269 g/mol. The largest absolute Gasteiger partial charge is 0.328 e. The number of carbonyl (C=O) groups is 2. The number of rotatable bonds is 2. The van der Waals surface area contributed by atoms with Gasteiger partial charge in [0, 0.05) is 29.9 Å². The summed E-state index contributed by atoms with van der Waals surface area (Å²) in [5.41, 5.74) is 1.98. The molecule has 0 unspecified atom stereocenters. The Labute approximate surface area is 116 Å². The lowest BCUT2D eigenvalue weighted by molar-refractivity contribution is -0.120. The van der Waals surface area contributed by atoms with Gasteiger partial charge in [-0.1, -0.05) is 19.1 Å². The number of amides is 3. The van der Waals surface area contributed by atoms with Gasteiger partial charge >= 0.3 is 6.03 Å². The summed E-state index contributed by atoms with van der Waals surface area (Å²) in [4.78, 5) is 28.9. The summed E-state index contributed by atoms with van der Waals surface area (Å²) in [5.74, 6) is -0.229. The predicted molar refractivity (Wildman–Crippen MR) is 76.6 cm³/mol. The van der Waals surface area contributed by atoms with Crippen LogP contribution in [0.4, 0.5) is 10.5 Å². The summed E-state index contributed by atoms with van der Waals surface area (Å²) >= 11 is 0. The van der Waals surface area contributed by atoms with Gasteiger partial charge in [0.05, 0.1) is 11.9 Å². The van der Waals surface area contributed by atoms with Gasteiger partial charge in [0.15, 0.2) is 0 Å². The summed E-state index contributed by atoms with van der Waals surface area (Å²) < 4.78 is 0. The number of hydrogen-bond donors (Lipinski definition) is 1. The minimum Gasteiger partial charge on any atom is -0.291 e. The highest BCUT2D eigenvalue weighted by Crippen LogP contribution is 2.27. The van der Waals surface area contributed by atoms with Crippen LogP contribution in [0, 0.1) is 0 Å². The fourth-order valence-corrected chi connectivity index (χ4v) is 2.44. The van der Waals surface area contributed by atoms with Gasteiger partial charge in [-0.3, -0.25) is 20.0 Å². The van der Waals surface area contributed by atoms with E-state index in [1.165, 1.54) is 5.56 Å². The number of anilines is 1. The van der Waals surface area contributed by atoms with E-state index in [2.05, 4.69) is 29.4 Å². The monoisotopic (exact) mass is 269 g/mol. The van der Waals surface area contributed by atoms with Crippen molar-refractivity contribution in [3.05, 3.63) is 36.2 Å². The van der Waals surface area contributed by atoms with Crippen molar-refractivity contribution < 1.29 is 9.59 Å². The number of imide groups is 1. The van der Waals surface area contributed by atoms with Crippen molar-refractivity contribution >= 4 is 28.4 Å². The van der Waals surface area contributed by atoms with Crippen LogP contribution in [0.1, 0.15) is 18.9 Å². The van der Waals surface area contributed by atoms with Crippen LogP contribution in [-0.4, -0.2) is 23.5 Å². The van der Waals surface area contributed by atoms with E-state index in [1.807, 2.05) is 6.07 Å². The Balaban J connectivity index is 2.07. The van der Waals surface area contributed by atoms with Crippen LogP contribution in [0.25, 0.3) is 10.8 Å². The van der Waals surface area contributed by atoms with E-state index in [0.717, 1.165) is 22.9 Å². The average Bonchev–Trinajstić information content (AvgIpc) is 2.46. The van der Waals surface area contributed by atoms with E-state index < -0.39 is 0 Å². The highest BCUT2D eigenvalue weighted by atomic mass is 16.2. The summed E-state index contributed by atoms with van der Waals surface area (Å²) in [7, 11) is 0. The maximum Gasteiger partial charge on any atom is 0.328 e. The number of fused-ring (bicyclic) bond motifs is 1. The van der Waals surface area contributed by atoms with Crippen molar-refractivity contribution in [1.29, 1.82) is 0 Å². The van der Waals surface area contributed by atoms with Gasteiger partial charge in [0.25, 0.3) is 0 Å². The zero-order valence-corrected chi connectivity index (χ0v) is 11.2. The Hall–Kier alpha value is -2.43. The van der Waals surface area contributed by atoms with Gasteiger partial charge in [0.2, 0.25) is 5.91 Å². The highest BCUT2D eigenvalue weighted by Gasteiger charge is 2.25. The van der Waals surface area contributed by atoms with E-state index >= 15 is 0 Å². The molecule has 1 aromatic heterocycles. The third-order valence-electron chi connectivity index (χ3n) is 3.56. The fourth-order valence-electron chi connectivity index (χ4n) is 2.44. The molecule has 5 nitrogen and oxygen atoms in total. The van der Waals surface area contributed by atoms with Gasteiger partial charge < -0.3 is 0 Å². The number of nitrogens with one attached hydrogen (secondary N) is 1. The first-order chi connectivity index (χ1) is 9.69. The Morgan fingerprint density at radius 3 is 2.90 bits per heavy atom. The number of urea groups is 1. The number of benzene rings is 1. The first kappa shape index (κ1) is 12.6. The molecule has 2 heterocycles. The lowest BCUT2D eigenvalue weighted by atomic mass is 10.1. The molecular formula is C15H15N3O2. The Bertz CT molecular complexity index is 697. The summed E-state index contributed by atoms with van der Waals surface area (Å²) in [6, 6.07) is 5.77. The lowest BCUT2D eigenvalue weighted by Crippen LogP contribution is -2.49. The minimum atomic E-state index is -0.380. The van der Waals surface area contributed by atoms with Crippen molar-refractivity contribution in [2.45, 2.75) is 19.8 Å². The topological polar surface area (TPSA) is 62.3 Å². The van der Waals surface area contributed by atoms with Crippen molar-refractivity contribution in [2.24, 2.45) is 0 Å². The molecule has 1 saturated heterocycles. The van der Waals surface area contributed by atoms with Crippen molar-refractivity contribution in [1.82, 2.24) is 10.3 Å². The first-order valence-corrected chi connectivity index (χ1v) is 6.67. The minimum absolute atomic E-state index is 0.229. The molecule has 1 fully saturated rings. The van der Waals surface area contributed by atoms with E-state index in [-0.39, 0.29) is 11.9 Å². The zero-order valence-electron chi connectivity index (χ0n) is 11.2. The highest BCUT2D eigenvalue weighted by molar-refractivity contribution is 6.09. The Morgan fingerprint density at radius 1 is 1.30 bits per heavy atom. The normalized spacial score (nSPS) is 15.6. The van der Waals surface area contributed by atoms with Crippen molar-refractivity contribution in [3.63, 3.8) is 0 Å². The standard InChI is InChI=1S/C15H15N3O2/c1-2-10-3-4-12-11(7-10)8-16-9-13(12)18-6-5-14(19)17-15(18)20/h3-4,7-9H,2,5-6H2,1H3,(H,17,19,20). The number of aryl methyl sites for hydroxylation is 1. The molecule has 102 valence electrons. The van der Waals surface area contributed by atoms with Crippen molar-refractivity contribution in [3.8, 4) is 0 Å². The second-order valence-electron chi connectivity index (χ2n) is 4.82. The molecule has 0 bridgehead atoms. The van der Waals surface area contributed by atoms with E-state index in [1.54, 1.807) is 17.3 Å². The summed E-state index contributed by atoms with van der Waals surface area (Å²) in [6.07, 6.45) is 4.74. The second kappa shape index (κ2) is 4.92. The van der Waals surface area contributed by atoms with Crippen LogP contribution in [0.3, 0.4) is 0 Å². The first-order valence-electron chi connectivity index (χ1n) is 6.67. The molecule has 3 rings (SSSR count). The van der Waals surface area contributed by atoms with Gasteiger partial charge in [-0.25, -0.2) is 4.79 Å². The van der Waals surface area contributed by atoms with Gasteiger partial charge in [-0.15, -0.1) is 0 Å². The number of nitrogens with zero attached hydrogens (tertiary/aromatic N) is 2. The van der Waals surface area contributed by atoms with Crippen LogP contribution in [0.5, 0.6) is 0 Å². The van der Waals surface area contributed by atoms with Gasteiger partial charge in [0.1, 0.15) is 0 Å². The Kier molecular flexibility index (Phi) is 3.10.